The molecule has 1 aliphatic heterocycles. The highest BCUT2D eigenvalue weighted by Crippen LogP contribution is 2.31. The molecule has 0 fully saturated rings. The highest BCUT2D eigenvalue weighted by Gasteiger charge is 2.40. The van der Waals surface area contributed by atoms with E-state index in [0.29, 0.717) is 13.1 Å². The Morgan fingerprint density at radius 3 is 2.73 bits per heavy atom. The van der Waals surface area contributed by atoms with Crippen molar-refractivity contribution in [1.82, 2.24) is 5.32 Å². The van der Waals surface area contributed by atoms with Crippen LogP contribution in [0.2, 0.25) is 0 Å². The predicted molar refractivity (Wildman–Crippen MR) is 88.8 cm³/mol. The minimum Gasteiger partial charge on any atom is -0.355 e. The Bertz CT molecular complexity index is 552. The Morgan fingerprint density at radius 1 is 1.27 bits per heavy atom. The molecule has 0 radical (unpaired) electrons. The van der Waals surface area contributed by atoms with Crippen LogP contribution in [0.25, 0.3) is 0 Å². The SMILES string of the molecule is CCCCNC(=O)C(C)(C)C(=O)N1CCCc2ccccc21. The lowest BCUT2D eigenvalue weighted by atomic mass is 9.88. The molecule has 1 aromatic rings. The fourth-order valence-corrected chi connectivity index (χ4v) is 2.78. The van der Waals surface area contributed by atoms with Gasteiger partial charge in [0, 0.05) is 18.8 Å². The van der Waals surface area contributed by atoms with E-state index in [0.717, 1.165) is 31.4 Å². The second kappa shape index (κ2) is 6.95. The van der Waals surface area contributed by atoms with Gasteiger partial charge in [0.25, 0.3) is 0 Å². The van der Waals surface area contributed by atoms with Gasteiger partial charge in [-0.05, 0) is 44.7 Å². The maximum absolute atomic E-state index is 12.9. The number of benzene rings is 1. The number of carbonyl (C=O) groups is 2. The van der Waals surface area contributed by atoms with Crippen molar-refractivity contribution in [2.24, 2.45) is 5.41 Å². The Kier molecular flexibility index (Phi) is 5.22. The maximum Gasteiger partial charge on any atom is 0.242 e. The number of nitrogens with one attached hydrogen (secondary N) is 1. The van der Waals surface area contributed by atoms with Crippen molar-refractivity contribution in [2.75, 3.05) is 18.0 Å². The summed E-state index contributed by atoms with van der Waals surface area (Å²) in [6, 6.07) is 7.97. The largest absolute Gasteiger partial charge is 0.355 e. The second-order valence-electron chi connectivity index (χ2n) is 6.42. The van der Waals surface area contributed by atoms with E-state index in [-0.39, 0.29) is 11.8 Å². The summed E-state index contributed by atoms with van der Waals surface area (Å²) in [7, 11) is 0. The molecule has 0 aliphatic carbocycles. The van der Waals surface area contributed by atoms with Crippen molar-refractivity contribution < 1.29 is 9.59 Å². The van der Waals surface area contributed by atoms with Crippen LogP contribution < -0.4 is 10.2 Å². The van der Waals surface area contributed by atoms with Crippen LogP contribution in [0.5, 0.6) is 0 Å². The quantitative estimate of drug-likeness (QED) is 0.671. The van der Waals surface area contributed by atoms with Gasteiger partial charge >= 0.3 is 0 Å². The number of aryl methyl sites for hydroxylation is 1. The number of nitrogens with zero attached hydrogens (tertiary/aromatic N) is 1. The van der Waals surface area contributed by atoms with Crippen LogP contribution in [-0.2, 0) is 16.0 Å². The summed E-state index contributed by atoms with van der Waals surface area (Å²) in [5.74, 6) is -0.303. The van der Waals surface area contributed by atoms with Crippen LogP contribution in [0.3, 0.4) is 0 Å². The smallest absolute Gasteiger partial charge is 0.242 e. The monoisotopic (exact) mass is 302 g/mol. The fraction of sp³-hybridized carbons (Fsp3) is 0.556. The molecule has 4 heteroatoms. The Labute approximate surface area is 132 Å². The Balaban J connectivity index is 2.15. The standard InChI is InChI=1S/C18H26N2O2/c1-4-5-12-19-16(21)18(2,3)17(22)20-13-8-10-14-9-6-7-11-15(14)20/h6-7,9,11H,4-5,8,10,12-13H2,1-3H3,(H,19,21). The average Bonchev–Trinajstić information content (AvgIpc) is 2.53. The Morgan fingerprint density at radius 2 is 2.00 bits per heavy atom. The van der Waals surface area contributed by atoms with Gasteiger partial charge in [-0.3, -0.25) is 9.59 Å². The molecule has 0 atom stereocenters. The summed E-state index contributed by atoms with van der Waals surface area (Å²) >= 11 is 0. The molecule has 1 heterocycles. The number of carbonyl (C=O) groups excluding carboxylic acids is 2. The molecule has 4 nitrogen and oxygen atoms in total. The van der Waals surface area contributed by atoms with Gasteiger partial charge in [0.05, 0.1) is 0 Å². The van der Waals surface area contributed by atoms with E-state index in [1.807, 2.05) is 18.2 Å². The number of amides is 2. The van der Waals surface area contributed by atoms with Crippen molar-refractivity contribution in [3.63, 3.8) is 0 Å². The summed E-state index contributed by atoms with van der Waals surface area (Å²) in [5, 5.41) is 2.88. The highest BCUT2D eigenvalue weighted by atomic mass is 16.2. The van der Waals surface area contributed by atoms with Crippen LogP contribution in [0.15, 0.2) is 24.3 Å². The lowest BCUT2D eigenvalue weighted by Gasteiger charge is -2.35. The average molecular weight is 302 g/mol. The molecule has 2 amide bonds. The van der Waals surface area contributed by atoms with E-state index in [4.69, 9.17) is 0 Å². The molecule has 0 unspecified atom stereocenters. The molecule has 1 aliphatic rings. The zero-order valence-electron chi connectivity index (χ0n) is 13.8. The molecule has 0 bridgehead atoms. The third-order valence-corrected chi connectivity index (χ3v) is 4.27. The van der Waals surface area contributed by atoms with Gasteiger partial charge in [-0.1, -0.05) is 31.5 Å². The summed E-state index contributed by atoms with van der Waals surface area (Å²) in [6.45, 7) is 6.82. The lowest BCUT2D eigenvalue weighted by Crippen LogP contribution is -2.51. The second-order valence-corrected chi connectivity index (χ2v) is 6.42. The molecule has 22 heavy (non-hydrogen) atoms. The molecular formula is C18H26N2O2. The van der Waals surface area contributed by atoms with Gasteiger partial charge in [0.1, 0.15) is 5.41 Å². The topological polar surface area (TPSA) is 49.4 Å². The molecule has 0 saturated heterocycles. The zero-order chi connectivity index (χ0) is 16.2. The summed E-state index contributed by atoms with van der Waals surface area (Å²) in [6.07, 6.45) is 3.88. The summed E-state index contributed by atoms with van der Waals surface area (Å²) in [5.41, 5.74) is 1.09. The van der Waals surface area contributed by atoms with Gasteiger partial charge < -0.3 is 10.2 Å². The first-order valence-electron chi connectivity index (χ1n) is 8.16. The van der Waals surface area contributed by atoms with Crippen molar-refractivity contribution in [1.29, 1.82) is 0 Å². The van der Waals surface area contributed by atoms with E-state index in [9.17, 15) is 9.59 Å². The molecule has 0 aromatic heterocycles. The van der Waals surface area contributed by atoms with Crippen molar-refractivity contribution in [3.05, 3.63) is 29.8 Å². The number of hydrogen-bond acceptors (Lipinski definition) is 2. The maximum atomic E-state index is 12.9. The third kappa shape index (κ3) is 3.32. The van der Waals surface area contributed by atoms with Gasteiger partial charge in [-0.15, -0.1) is 0 Å². The van der Waals surface area contributed by atoms with Crippen molar-refractivity contribution in [2.45, 2.75) is 46.5 Å². The summed E-state index contributed by atoms with van der Waals surface area (Å²) in [4.78, 5) is 27.1. The van der Waals surface area contributed by atoms with Crippen LogP contribution in [0, 0.1) is 5.41 Å². The van der Waals surface area contributed by atoms with Crippen LogP contribution in [0.1, 0.15) is 45.6 Å². The minimum absolute atomic E-state index is 0.117. The number of fused-ring (bicyclic) bond motifs is 1. The number of unbranched alkanes of at least 4 members (excludes halogenated alkanes) is 1. The molecule has 120 valence electrons. The van der Waals surface area contributed by atoms with Gasteiger partial charge in [0.15, 0.2) is 0 Å². The first-order chi connectivity index (χ1) is 10.5. The number of rotatable bonds is 5. The number of para-hydroxylation sites is 1. The van der Waals surface area contributed by atoms with Crippen molar-refractivity contribution in [3.8, 4) is 0 Å². The predicted octanol–water partition coefficient (Wildman–Crippen LogP) is 2.91. The van der Waals surface area contributed by atoms with E-state index < -0.39 is 5.41 Å². The van der Waals surface area contributed by atoms with E-state index in [1.165, 1.54) is 5.56 Å². The zero-order valence-corrected chi connectivity index (χ0v) is 13.8. The minimum atomic E-state index is -1.04. The van der Waals surface area contributed by atoms with Gasteiger partial charge in [-0.25, -0.2) is 0 Å². The molecule has 0 saturated carbocycles. The number of hydrogen-bond donors (Lipinski definition) is 1. The molecule has 1 aromatic carbocycles. The Hall–Kier alpha value is -1.84. The molecular weight excluding hydrogens is 276 g/mol. The molecule has 0 spiro atoms. The first-order valence-corrected chi connectivity index (χ1v) is 8.16. The van der Waals surface area contributed by atoms with Crippen LogP contribution >= 0.6 is 0 Å². The number of anilines is 1. The van der Waals surface area contributed by atoms with E-state index in [2.05, 4.69) is 18.3 Å². The first kappa shape index (κ1) is 16.5. The van der Waals surface area contributed by atoms with Gasteiger partial charge in [-0.2, -0.15) is 0 Å². The highest BCUT2D eigenvalue weighted by molar-refractivity contribution is 6.11. The summed E-state index contributed by atoms with van der Waals surface area (Å²) < 4.78 is 0. The van der Waals surface area contributed by atoms with E-state index >= 15 is 0 Å². The van der Waals surface area contributed by atoms with Gasteiger partial charge in [0.2, 0.25) is 11.8 Å². The normalized spacial score (nSPS) is 14.4. The van der Waals surface area contributed by atoms with Crippen LogP contribution in [-0.4, -0.2) is 24.9 Å². The van der Waals surface area contributed by atoms with Crippen molar-refractivity contribution >= 4 is 17.5 Å². The van der Waals surface area contributed by atoms with Crippen LogP contribution in [0.4, 0.5) is 5.69 Å². The fourth-order valence-electron chi connectivity index (χ4n) is 2.78. The molecule has 1 N–H and O–H groups in total. The van der Waals surface area contributed by atoms with E-state index in [1.54, 1.807) is 18.7 Å². The third-order valence-electron chi connectivity index (χ3n) is 4.27. The lowest BCUT2D eigenvalue weighted by molar-refractivity contribution is -0.139. The molecule has 2 rings (SSSR count).